The van der Waals surface area contributed by atoms with Crippen LogP contribution in [-0.2, 0) is 42.2 Å². The fourth-order valence-electron chi connectivity index (χ4n) is 9.24. The second kappa shape index (κ2) is 6.89. The van der Waals surface area contributed by atoms with Gasteiger partial charge >= 0.3 is 17.9 Å². The number of esters is 3. The van der Waals surface area contributed by atoms with Crippen molar-refractivity contribution in [2.45, 2.75) is 116 Å². The second-order valence-corrected chi connectivity index (χ2v) is 23.9. The number of hydrogen-bond acceptors (Lipinski definition) is 9. The Kier molecular flexibility index (Phi) is 4.83. The standard InChI is InChI=1S/C26H40O9Si2/c1-13-18(27)30-16-12-23-15-11-14(22(2,3)4)24(23)17(34-36(5,6)7)19(28)32-21(24)33-26(23,20(29)31-15)25(13,16)35-37(8,9)10/h13-17,21H,11-12H2,1-10H3. The molecule has 2 spiro atoms. The summed E-state index contributed by atoms with van der Waals surface area (Å²) in [7, 11) is -4.65. The van der Waals surface area contributed by atoms with Gasteiger partial charge in [0.1, 0.15) is 17.8 Å². The zero-order valence-corrected chi connectivity index (χ0v) is 25.6. The molecule has 37 heavy (non-hydrogen) atoms. The number of fused-ring (bicyclic) bond motifs is 1. The number of hydrogen-bond donors (Lipinski definition) is 0. The topological polar surface area (TPSA) is 107 Å². The van der Waals surface area contributed by atoms with Crippen molar-refractivity contribution in [3.8, 4) is 0 Å². The van der Waals surface area contributed by atoms with Crippen molar-refractivity contribution in [2.75, 3.05) is 0 Å². The Balaban J connectivity index is 1.68. The van der Waals surface area contributed by atoms with Crippen LogP contribution in [0.2, 0.25) is 39.3 Å². The molecule has 9 nitrogen and oxygen atoms in total. The summed E-state index contributed by atoms with van der Waals surface area (Å²) in [5.41, 5.74) is -5.31. The van der Waals surface area contributed by atoms with Gasteiger partial charge in [0.15, 0.2) is 22.7 Å². The molecule has 0 amide bonds. The Morgan fingerprint density at radius 2 is 1.54 bits per heavy atom. The molecule has 11 heteroatoms. The average Bonchev–Trinajstić information content (AvgIpc) is 3.41. The van der Waals surface area contributed by atoms with Gasteiger partial charge in [0.25, 0.3) is 0 Å². The highest BCUT2D eigenvalue weighted by atomic mass is 28.4. The van der Waals surface area contributed by atoms with Crippen LogP contribution in [0.4, 0.5) is 0 Å². The van der Waals surface area contributed by atoms with Gasteiger partial charge in [-0.15, -0.1) is 0 Å². The lowest BCUT2D eigenvalue weighted by Crippen LogP contribution is -2.69. The lowest BCUT2D eigenvalue weighted by atomic mass is 9.51. The van der Waals surface area contributed by atoms with E-state index < -0.39 is 87.1 Å². The molecule has 0 aromatic carbocycles. The van der Waals surface area contributed by atoms with E-state index in [2.05, 4.69) is 20.8 Å². The van der Waals surface area contributed by atoms with E-state index in [0.717, 1.165) is 0 Å². The third-order valence-electron chi connectivity index (χ3n) is 9.84. The molecule has 4 aliphatic heterocycles. The van der Waals surface area contributed by atoms with Gasteiger partial charge in [-0.25, -0.2) is 9.59 Å². The highest BCUT2D eigenvalue weighted by Gasteiger charge is 3.01. The molecule has 4 heterocycles. The van der Waals surface area contributed by atoms with Crippen LogP contribution in [0.1, 0.15) is 40.5 Å². The summed E-state index contributed by atoms with van der Waals surface area (Å²) in [4.78, 5) is 40.9. The largest absolute Gasteiger partial charge is 0.459 e. The molecule has 6 fully saturated rings. The Morgan fingerprint density at radius 1 is 0.892 bits per heavy atom. The van der Waals surface area contributed by atoms with Crippen LogP contribution < -0.4 is 0 Å². The molecule has 0 bridgehead atoms. The van der Waals surface area contributed by atoms with Gasteiger partial charge in [-0.3, -0.25) is 4.79 Å². The van der Waals surface area contributed by atoms with Gasteiger partial charge in [-0.2, -0.15) is 0 Å². The quantitative estimate of drug-likeness (QED) is 0.295. The van der Waals surface area contributed by atoms with Crippen LogP contribution in [0.25, 0.3) is 0 Å². The summed E-state index contributed by atoms with van der Waals surface area (Å²) >= 11 is 0. The maximum Gasteiger partial charge on any atom is 0.342 e. The molecular weight excluding hydrogens is 512 g/mol. The molecule has 10 unspecified atom stereocenters. The number of ether oxygens (including phenoxy) is 4. The van der Waals surface area contributed by atoms with Crippen LogP contribution in [0.15, 0.2) is 0 Å². The summed E-state index contributed by atoms with van der Waals surface area (Å²) in [6.07, 6.45) is -2.29. The Labute approximate surface area is 220 Å². The number of carbonyl (C=O) groups excluding carboxylic acids is 3. The third-order valence-corrected chi connectivity index (χ3v) is 11.7. The zero-order valence-electron chi connectivity index (χ0n) is 23.6. The first-order valence-electron chi connectivity index (χ1n) is 13.5. The van der Waals surface area contributed by atoms with Crippen molar-refractivity contribution >= 4 is 34.5 Å². The van der Waals surface area contributed by atoms with Crippen LogP contribution in [0.3, 0.4) is 0 Å². The van der Waals surface area contributed by atoms with E-state index in [1.807, 2.05) is 39.3 Å². The first-order valence-corrected chi connectivity index (χ1v) is 20.3. The maximum atomic E-state index is 14.2. The molecule has 0 N–H and O–H groups in total. The van der Waals surface area contributed by atoms with Crippen LogP contribution >= 0.6 is 0 Å². The van der Waals surface area contributed by atoms with Crippen molar-refractivity contribution in [1.29, 1.82) is 0 Å². The Bertz CT molecular complexity index is 1100. The molecule has 206 valence electrons. The van der Waals surface area contributed by atoms with E-state index in [1.54, 1.807) is 6.92 Å². The van der Waals surface area contributed by atoms with Crippen LogP contribution in [0.5, 0.6) is 0 Å². The summed E-state index contributed by atoms with van der Waals surface area (Å²) < 4.78 is 38.8. The number of carbonyl (C=O) groups is 3. The molecule has 0 aromatic heterocycles. The fourth-order valence-corrected chi connectivity index (χ4v) is 11.7. The molecule has 0 radical (unpaired) electrons. The van der Waals surface area contributed by atoms with Gasteiger partial charge in [0, 0.05) is 6.42 Å². The lowest BCUT2D eigenvalue weighted by Gasteiger charge is -2.49. The second-order valence-electron chi connectivity index (χ2n) is 15.0. The Hall–Kier alpha value is -1.28. The van der Waals surface area contributed by atoms with E-state index in [9.17, 15) is 14.4 Å². The van der Waals surface area contributed by atoms with E-state index in [-0.39, 0.29) is 11.3 Å². The van der Waals surface area contributed by atoms with Crippen molar-refractivity contribution < 1.29 is 42.2 Å². The molecule has 2 aliphatic carbocycles. The van der Waals surface area contributed by atoms with E-state index >= 15 is 0 Å². The SMILES string of the molecule is CC1C(=O)OC2CC34C5CC(C(C)(C)C)C36C(OC(=O)C6O[Si](C)(C)C)OC4(C(=O)O5)C21O[Si](C)(C)C. The molecular formula is C26H40O9Si2. The van der Waals surface area contributed by atoms with Crippen molar-refractivity contribution in [1.82, 2.24) is 0 Å². The minimum Gasteiger partial charge on any atom is -0.459 e. The maximum absolute atomic E-state index is 14.2. The van der Waals surface area contributed by atoms with Crippen molar-refractivity contribution in [3.63, 3.8) is 0 Å². The third kappa shape index (κ3) is 2.64. The van der Waals surface area contributed by atoms with E-state index in [4.69, 9.17) is 27.8 Å². The zero-order chi connectivity index (χ0) is 27.4. The van der Waals surface area contributed by atoms with Crippen molar-refractivity contribution in [3.05, 3.63) is 0 Å². The molecule has 6 rings (SSSR count). The fraction of sp³-hybridized carbons (Fsp3) is 0.885. The number of rotatable bonds is 4. The molecule has 4 saturated heterocycles. The normalized spacial score (nSPS) is 49.9. The first kappa shape index (κ1) is 26.0. The van der Waals surface area contributed by atoms with Crippen molar-refractivity contribution in [2.24, 2.45) is 28.1 Å². The van der Waals surface area contributed by atoms with Crippen LogP contribution in [-0.4, -0.2) is 70.3 Å². The van der Waals surface area contributed by atoms with Gasteiger partial charge in [0.05, 0.1) is 16.7 Å². The highest BCUT2D eigenvalue weighted by Crippen LogP contribution is 2.85. The van der Waals surface area contributed by atoms with E-state index in [0.29, 0.717) is 12.8 Å². The smallest absolute Gasteiger partial charge is 0.342 e. The lowest BCUT2D eigenvalue weighted by molar-refractivity contribution is -0.234. The summed E-state index contributed by atoms with van der Waals surface area (Å²) in [5.74, 6) is -2.27. The van der Waals surface area contributed by atoms with Gasteiger partial charge in [0.2, 0.25) is 11.9 Å². The van der Waals surface area contributed by atoms with Gasteiger partial charge in [-0.1, -0.05) is 20.8 Å². The summed E-state index contributed by atoms with van der Waals surface area (Å²) in [6.45, 7) is 20.4. The monoisotopic (exact) mass is 552 g/mol. The minimum atomic E-state index is -2.38. The minimum absolute atomic E-state index is 0.119. The molecule has 6 aliphatic rings. The molecule has 2 saturated carbocycles. The highest BCUT2D eigenvalue weighted by molar-refractivity contribution is 6.70. The summed E-state index contributed by atoms with van der Waals surface area (Å²) in [5, 5.41) is 0. The molecule has 0 aromatic rings. The first-order chi connectivity index (χ1) is 16.8. The Morgan fingerprint density at radius 3 is 2.11 bits per heavy atom. The summed E-state index contributed by atoms with van der Waals surface area (Å²) in [6, 6.07) is 0. The van der Waals surface area contributed by atoms with E-state index in [1.165, 1.54) is 0 Å². The average molecular weight is 553 g/mol. The van der Waals surface area contributed by atoms with Gasteiger partial charge < -0.3 is 27.8 Å². The predicted octanol–water partition coefficient (Wildman–Crippen LogP) is 3.38. The molecule has 10 atom stereocenters. The van der Waals surface area contributed by atoms with Crippen LogP contribution in [0, 0.1) is 28.1 Å². The van der Waals surface area contributed by atoms with Gasteiger partial charge in [-0.05, 0) is 64.0 Å². The predicted molar refractivity (Wildman–Crippen MR) is 135 cm³/mol.